The zero-order valence-electron chi connectivity index (χ0n) is 23.2. The van der Waals surface area contributed by atoms with E-state index in [9.17, 15) is 14.7 Å². The van der Waals surface area contributed by atoms with Crippen molar-refractivity contribution in [3.05, 3.63) is 58.7 Å². The molecule has 1 saturated heterocycles. The third-order valence-electron chi connectivity index (χ3n) is 8.20. The molecule has 3 heterocycles. The number of fused-ring (bicyclic) bond motifs is 5. The van der Waals surface area contributed by atoms with Crippen molar-refractivity contribution in [1.82, 2.24) is 9.47 Å². The Labute approximate surface area is 230 Å². The number of nitrogens with zero attached hydrogens (tertiary/aromatic N) is 2. The molecular weight excluding hydrogens is 492 g/mol. The van der Waals surface area contributed by atoms with Crippen LogP contribution in [0.5, 0.6) is 5.75 Å². The second-order valence-electron chi connectivity index (χ2n) is 10.6. The van der Waals surface area contributed by atoms with Crippen molar-refractivity contribution in [3.63, 3.8) is 0 Å². The van der Waals surface area contributed by atoms with Crippen LogP contribution >= 0.6 is 0 Å². The second-order valence-corrected chi connectivity index (χ2v) is 10.6. The van der Waals surface area contributed by atoms with E-state index >= 15 is 0 Å². The number of carboxylic acids is 1. The van der Waals surface area contributed by atoms with Gasteiger partial charge in [-0.25, -0.2) is 4.79 Å². The van der Waals surface area contributed by atoms with Crippen LogP contribution in [0.2, 0.25) is 0 Å². The first-order valence-corrected chi connectivity index (χ1v) is 14.0. The van der Waals surface area contributed by atoms with Crippen LogP contribution in [0.15, 0.2) is 42.0 Å². The van der Waals surface area contributed by atoms with Gasteiger partial charge in [-0.3, -0.25) is 4.79 Å². The molecule has 206 valence electrons. The molecule has 0 aliphatic carbocycles. The van der Waals surface area contributed by atoms with E-state index in [-0.39, 0.29) is 17.5 Å². The van der Waals surface area contributed by atoms with E-state index < -0.39 is 5.97 Å². The Kier molecular flexibility index (Phi) is 8.07. The van der Waals surface area contributed by atoms with Crippen LogP contribution in [0.4, 0.5) is 0 Å². The highest BCUT2D eigenvalue weighted by Crippen LogP contribution is 2.41. The van der Waals surface area contributed by atoms with Crippen molar-refractivity contribution < 1.29 is 24.2 Å². The zero-order valence-corrected chi connectivity index (χ0v) is 23.2. The van der Waals surface area contributed by atoms with Gasteiger partial charge in [0.1, 0.15) is 5.75 Å². The van der Waals surface area contributed by atoms with E-state index in [1.165, 1.54) is 12.0 Å². The maximum absolute atomic E-state index is 14.0. The summed E-state index contributed by atoms with van der Waals surface area (Å²) in [5.74, 6) is -0.233. The number of benzene rings is 2. The molecule has 0 unspecified atom stereocenters. The van der Waals surface area contributed by atoms with E-state index in [0.29, 0.717) is 25.3 Å². The Bertz CT molecular complexity index is 1410. The van der Waals surface area contributed by atoms with E-state index in [1.54, 1.807) is 19.2 Å². The number of aryl methyl sites for hydroxylation is 1. The molecule has 7 nitrogen and oxygen atoms in total. The van der Waals surface area contributed by atoms with Crippen LogP contribution in [0.25, 0.3) is 28.2 Å². The second kappa shape index (κ2) is 11.7. The van der Waals surface area contributed by atoms with Crippen LogP contribution in [-0.2, 0) is 22.5 Å². The fourth-order valence-corrected chi connectivity index (χ4v) is 6.01. The molecule has 0 saturated carbocycles. The van der Waals surface area contributed by atoms with Crippen molar-refractivity contribution in [1.29, 1.82) is 0 Å². The molecule has 1 fully saturated rings. The number of unbranched alkanes of at least 4 members (excludes halogenated alkanes) is 3. The van der Waals surface area contributed by atoms with Crippen molar-refractivity contribution in [3.8, 4) is 17.0 Å². The van der Waals surface area contributed by atoms with Gasteiger partial charge in [0, 0.05) is 48.3 Å². The summed E-state index contributed by atoms with van der Waals surface area (Å²) in [5.41, 5.74) is 6.02. The molecular formula is C32H38N2O5. The smallest absolute Gasteiger partial charge is 0.335 e. The van der Waals surface area contributed by atoms with Crippen LogP contribution in [0.1, 0.15) is 66.9 Å². The lowest BCUT2D eigenvalue weighted by molar-refractivity contribution is -0.129. The number of methoxy groups -OCH3 is 1. The summed E-state index contributed by atoms with van der Waals surface area (Å²) in [5, 5.41) is 10.8. The van der Waals surface area contributed by atoms with Gasteiger partial charge in [-0.05, 0) is 73.2 Å². The largest absolute Gasteiger partial charge is 0.497 e. The monoisotopic (exact) mass is 530 g/mol. The fraction of sp³-hybridized carbons (Fsp3) is 0.438. The average Bonchev–Trinajstić information content (AvgIpc) is 3.15. The van der Waals surface area contributed by atoms with Gasteiger partial charge in [-0.1, -0.05) is 32.3 Å². The van der Waals surface area contributed by atoms with Crippen LogP contribution in [0.3, 0.4) is 0 Å². The first-order chi connectivity index (χ1) is 18.9. The molecule has 0 atom stereocenters. The molecule has 7 heteroatoms. The summed E-state index contributed by atoms with van der Waals surface area (Å²) in [6, 6.07) is 11.5. The molecule has 3 aromatic rings. The highest BCUT2D eigenvalue weighted by Gasteiger charge is 2.29. The lowest BCUT2D eigenvalue weighted by Crippen LogP contribution is -2.41. The Morgan fingerprint density at radius 1 is 1.10 bits per heavy atom. The number of carbonyl (C=O) groups is 2. The normalized spacial score (nSPS) is 15.3. The number of rotatable bonds is 9. The molecule has 2 aromatic carbocycles. The van der Waals surface area contributed by atoms with E-state index in [2.05, 4.69) is 17.6 Å². The highest BCUT2D eigenvalue weighted by molar-refractivity contribution is 6.03. The Hall–Kier alpha value is -3.58. The first-order valence-electron chi connectivity index (χ1n) is 14.0. The molecule has 0 radical (unpaired) electrons. The number of hydrogen-bond acceptors (Lipinski definition) is 4. The van der Waals surface area contributed by atoms with Gasteiger partial charge in [0.2, 0.25) is 0 Å². The minimum absolute atomic E-state index is 0.00995. The van der Waals surface area contributed by atoms with Crippen molar-refractivity contribution in [2.24, 2.45) is 0 Å². The van der Waals surface area contributed by atoms with Gasteiger partial charge in [0.25, 0.3) is 5.91 Å². The Balaban J connectivity index is 1.68. The van der Waals surface area contributed by atoms with Crippen molar-refractivity contribution in [2.75, 3.05) is 27.4 Å². The first kappa shape index (κ1) is 27.0. The predicted molar refractivity (Wildman–Crippen MR) is 153 cm³/mol. The number of hydrogen-bond donors (Lipinski definition) is 1. The number of aromatic carboxylic acids is 1. The van der Waals surface area contributed by atoms with Crippen LogP contribution < -0.4 is 4.74 Å². The third kappa shape index (κ3) is 5.33. The molecule has 0 spiro atoms. The summed E-state index contributed by atoms with van der Waals surface area (Å²) in [6.45, 7) is 3.89. The number of carbonyl (C=O) groups excluding carboxylic acids is 1. The lowest BCUT2D eigenvalue weighted by Gasteiger charge is -2.32. The quantitative estimate of drug-likeness (QED) is 0.335. The lowest BCUT2D eigenvalue weighted by atomic mass is 9.95. The SMILES string of the molecule is CCCCCCc1c2n(c3cc(C(=O)O)ccc13)CC(C(=O)N(C)C1CCOCC1)=Cc1cc(OC)ccc1-2. The predicted octanol–water partition coefficient (Wildman–Crippen LogP) is 6.17. The van der Waals surface area contributed by atoms with Gasteiger partial charge in [0.15, 0.2) is 0 Å². The standard InChI is InChI=1S/C32H38N2O5/c1-4-5-6-7-8-28-27-11-9-21(32(36)37)19-29(27)34-20-23(31(35)33(2)24-13-15-39-16-14-24)17-22-18-25(38-3)10-12-26(22)30(28)34/h9-12,17-19,24H,4-8,13-16,20H2,1-3H3,(H,36,37). The number of ether oxygens (including phenoxy) is 2. The fourth-order valence-electron chi connectivity index (χ4n) is 6.01. The summed E-state index contributed by atoms with van der Waals surface area (Å²) in [7, 11) is 3.53. The van der Waals surface area contributed by atoms with Gasteiger partial charge in [-0.2, -0.15) is 0 Å². The molecule has 0 bridgehead atoms. The van der Waals surface area contributed by atoms with Gasteiger partial charge in [-0.15, -0.1) is 0 Å². The Morgan fingerprint density at radius 2 is 1.90 bits per heavy atom. The molecule has 2 aliphatic heterocycles. The maximum atomic E-state index is 14.0. The van der Waals surface area contributed by atoms with E-state index in [0.717, 1.165) is 72.0 Å². The van der Waals surface area contributed by atoms with Crippen LogP contribution in [0, 0.1) is 0 Å². The highest BCUT2D eigenvalue weighted by atomic mass is 16.5. The molecule has 2 aliphatic rings. The molecule has 5 rings (SSSR count). The average molecular weight is 531 g/mol. The number of amides is 1. The van der Waals surface area contributed by atoms with Gasteiger partial charge >= 0.3 is 5.97 Å². The van der Waals surface area contributed by atoms with Crippen LogP contribution in [-0.4, -0.2) is 59.9 Å². The van der Waals surface area contributed by atoms with Crippen molar-refractivity contribution >= 4 is 28.9 Å². The topological polar surface area (TPSA) is 81.0 Å². The summed E-state index contributed by atoms with van der Waals surface area (Å²) >= 11 is 0. The summed E-state index contributed by atoms with van der Waals surface area (Å²) in [4.78, 5) is 27.8. The van der Waals surface area contributed by atoms with Crippen molar-refractivity contribution in [2.45, 2.75) is 64.5 Å². The molecule has 1 aromatic heterocycles. The molecule has 1 N–H and O–H groups in total. The Morgan fingerprint density at radius 3 is 2.62 bits per heavy atom. The van der Waals surface area contributed by atoms with Gasteiger partial charge < -0.3 is 24.0 Å². The number of carboxylic acid groups (broad SMARTS) is 1. The van der Waals surface area contributed by atoms with E-state index in [1.807, 2.05) is 36.2 Å². The van der Waals surface area contributed by atoms with Gasteiger partial charge in [0.05, 0.1) is 24.9 Å². The van der Waals surface area contributed by atoms with E-state index in [4.69, 9.17) is 9.47 Å². The minimum Gasteiger partial charge on any atom is -0.497 e. The molecule has 39 heavy (non-hydrogen) atoms. The maximum Gasteiger partial charge on any atom is 0.335 e. The third-order valence-corrected chi connectivity index (χ3v) is 8.20. The number of aromatic nitrogens is 1. The molecule has 1 amide bonds. The number of likely N-dealkylation sites (N-methyl/N-ethyl adjacent to an activating group) is 1. The summed E-state index contributed by atoms with van der Waals surface area (Å²) < 4.78 is 13.2. The summed E-state index contributed by atoms with van der Waals surface area (Å²) in [6.07, 6.45) is 9.07. The minimum atomic E-state index is -0.957. The zero-order chi connectivity index (χ0) is 27.5.